The molecular weight excluding hydrogens is 639 g/mol. The standard InChI is InChI=1S/C29H31F4IN4O2/c30-26(31)29(32,33)40-22-10-6-9-21(15-22)28(16-19-7-2-1-3-8-19,25-14-13-20(17-34)18-36-25)38-27(39)37-24-12-5-4-11-23(24)35/h1-3,6-10,13-15,18,23-24,26H,4-5,11-12,16-17,35H2,(H2,37,38,39)/t23-,24-,28+/m1/s1. The SMILES string of the molecule is N[C@@H]1CCCC[C@H]1NC(=O)N[C@@](Cc1ccccc1)(c1cccc(OC(F)(F)C(F)F)c1)c1ccc(CI)cn1. The summed E-state index contributed by atoms with van der Waals surface area (Å²) in [6, 6.07) is 17.4. The fourth-order valence-corrected chi connectivity index (χ4v) is 5.39. The van der Waals surface area contributed by atoms with Crippen LogP contribution in [0.2, 0.25) is 0 Å². The molecule has 1 heterocycles. The molecule has 0 saturated heterocycles. The Morgan fingerprint density at radius 1 is 1.05 bits per heavy atom. The van der Waals surface area contributed by atoms with Crippen LogP contribution in [-0.2, 0) is 16.4 Å². The maximum absolute atomic E-state index is 13.8. The third-order valence-corrected chi connectivity index (χ3v) is 7.91. The van der Waals surface area contributed by atoms with E-state index < -0.39 is 29.9 Å². The molecule has 1 aromatic heterocycles. The second-order valence-corrected chi connectivity index (χ2v) is 10.7. The highest BCUT2D eigenvalue weighted by Gasteiger charge is 2.45. The highest BCUT2D eigenvalue weighted by Crippen LogP contribution is 2.36. The number of benzene rings is 2. The van der Waals surface area contributed by atoms with Crippen molar-refractivity contribution < 1.29 is 27.1 Å². The summed E-state index contributed by atoms with van der Waals surface area (Å²) < 4.78 is 58.6. The van der Waals surface area contributed by atoms with E-state index >= 15 is 0 Å². The van der Waals surface area contributed by atoms with Crippen LogP contribution in [-0.4, -0.2) is 35.6 Å². The third-order valence-electron chi connectivity index (χ3n) is 7.03. The van der Waals surface area contributed by atoms with Gasteiger partial charge in [0.2, 0.25) is 0 Å². The number of nitrogens with one attached hydrogen (secondary N) is 2. The number of amides is 2. The molecule has 0 bridgehead atoms. The second-order valence-electron chi connectivity index (χ2n) is 9.90. The van der Waals surface area contributed by atoms with E-state index in [1.165, 1.54) is 18.2 Å². The predicted octanol–water partition coefficient (Wildman–Crippen LogP) is 6.31. The van der Waals surface area contributed by atoms with Gasteiger partial charge in [0.25, 0.3) is 0 Å². The van der Waals surface area contributed by atoms with Crippen molar-refractivity contribution in [3.8, 4) is 5.75 Å². The zero-order valence-corrected chi connectivity index (χ0v) is 23.8. The van der Waals surface area contributed by atoms with Crippen molar-refractivity contribution >= 4 is 28.6 Å². The highest BCUT2D eigenvalue weighted by molar-refractivity contribution is 14.1. The lowest BCUT2D eigenvalue weighted by molar-refractivity contribution is -0.253. The minimum absolute atomic E-state index is 0.184. The lowest BCUT2D eigenvalue weighted by atomic mass is 9.80. The molecule has 0 unspecified atom stereocenters. The van der Waals surface area contributed by atoms with E-state index in [0.717, 1.165) is 36.8 Å². The number of hydrogen-bond donors (Lipinski definition) is 3. The second kappa shape index (κ2) is 13.2. The van der Waals surface area contributed by atoms with Gasteiger partial charge in [-0.25, -0.2) is 4.79 Å². The van der Waals surface area contributed by atoms with Gasteiger partial charge in [-0.1, -0.05) is 84.0 Å². The Morgan fingerprint density at radius 2 is 1.80 bits per heavy atom. The molecule has 2 aromatic carbocycles. The first kappa shape index (κ1) is 30.0. The molecule has 1 fully saturated rings. The van der Waals surface area contributed by atoms with E-state index in [1.54, 1.807) is 18.3 Å². The van der Waals surface area contributed by atoms with Crippen molar-refractivity contribution in [2.24, 2.45) is 5.73 Å². The number of halogens is 5. The van der Waals surface area contributed by atoms with Gasteiger partial charge in [-0.15, -0.1) is 0 Å². The Hall–Kier alpha value is -2.93. The number of nitrogens with two attached hydrogens (primary N) is 1. The lowest BCUT2D eigenvalue weighted by Gasteiger charge is -2.37. The summed E-state index contributed by atoms with van der Waals surface area (Å²) in [5, 5.41) is 6.05. The minimum Gasteiger partial charge on any atom is -0.428 e. The number of ether oxygens (including phenoxy) is 1. The Labute approximate surface area is 244 Å². The van der Waals surface area contributed by atoms with Gasteiger partial charge in [0.1, 0.15) is 11.3 Å². The van der Waals surface area contributed by atoms with Gasteiger partial charge in [-0.3, -0.25) is 4.98 Å². The molecule has 4 N–H and O–H groups in total. The summed E-state index contributed by atoms with van der Waals surface area (Å²) in [5.41, 5.74) is 7.42. The Bertz CT molecular complexity index is 1270. The Morgan fingerprint density at radius 3 is 2.45 bits per heavy atom. The van der Waals surface area contributed by atoms with E-state index in [-0.39, 0.29) is 18.5 Å². The normalized spacial score (nSPS) is 19.1. The van der Waals surface area contributed by atoms with Crippen LogP contribution >= 0.6 is 22.6 Å². The average Bonchev–Trinajstić information content (AvgIpc) is 2.94. The van der Waals surface area contributed by atoms with Crippen LogP contribution in [0.25, 0.3) is 0 Å². The van der Waals surface area contributed by atoms with Crippen molar-refractivity contribution in [1.29, 1.82) is 0 Å². The fourth-order valence-electron chi connectivity index (χ4n) is 4.94. The summed E-state index contributed by atoms with van der Waals surface area (Å²) in [6.07, 6.45) is -3.40. The number of nitrogens with zero attached hydrogens (tertiary/aromatic N) is 1. The first-order chi connectivity index (χ1) is 19.1. The molecule has 6 nitrogen and oxygen atoms in total. The molecule has 4 rings (SSSR count). The van der Waals surface area contributed by atoms with Gasteiger partial charge in [0, 0.05) is 29.1 Å². The molecule has 40 heavy (non-hydrogen) atoms. The first-order valence-electron chi connectivity index (χ1n) is 13.0. The molecule has 11 heteroatoms. The Kier molecular flexibility index (Phi) is 9.88. The van der Waals surface area contributed by atoms with Gasteiger partial charge in [0.05, 0.1) is 5.69 Å². The van der Waals surface area contributed by atoms with Gasteiger partial charge in [-0.05, 0) is 47.7 Å². The third kappa shape index (κ3) is 7.22. The van der Waals surface area contributed by atoms with Crippen molar-refractivity contribution in [1.82, 2.24) is 15.6 Å². The van der Waals surface area contributed by atoms with E-state index in [4.69, 9.17) is 5.73 Å². The van der Waals surface area contributed by atoms with Crippen molar-refractivity contribution in [2.75, 3.05) is 0 Å². The Balaban J connectivity index is 1.82. The van der Waals surface area contributed by atoms with E-state index in [0.29, 0.717) is 15.7 Å². The van der Waals surface area contributed by atoms with Crippen LogP contribution in [0.4, 0.5) is 22.4 Å². The van der Waals surface area contributed by atoms with Crippen LogP contribution in [0.15, 0.2) is 72.9 Å². The number of carbonyl (C=O) groups is 1. The number of aromatic nitrogens is 1. The summed E-state index contributed by atoms with van der Waals surface area (Å²) >= 11 is 2.21. The van der Waals surface area contributed by atoms with Crippen LogP contribution in [0.5, 0.6) is 5.75 Å². The minimum atomic E-state index is -4.69. The molecule has 3 aromatic rings. The van der Waals surface area contributed by atoms with E-state index in [1.807, 2.05) is 36.4 Å². The van der Waals surface area contributed by atoms with Crippen molar-refractivity contribution in [3.63, 3.8) is 0 Å². The number of rotatable bonds is 10. The fraction of sp³-hybridized carbons (Fsp3) is 0.379. The zero-order valence-electron chi connectivity index (χ0n) is 21.6. The van der Waals surface area contributed by atoms with Crippen LogP contribution < -0.4 is 21.1 Å². The van der Waals surface area contributed by atoms with E-state index in [2.05, 4.69) is 42.9 Å². The molecule has 0 radical (unpaired) electrons. The van der Waals surface area contributed by atoms with Gasteiger partial charge in [-0.2, -0.15) is 17.6 Å². The molecule has 1 saturated carbocycles. The summed E-state index contributed by atoms with van der Waals surface area (Å²) in [6.45, 7) is 0. The summed E-state index contributed by atoms with van der Waals surface area (Å²) in [5.74, 6) is -0.472. The van der Waals surface area contributed by atoms with Crippen molar-refractivity contribution in [3.05, 3.63) is 95.3 Å². The summed E-state index contributed by atoms with van der Waals surface area (Å²) in [7, 11) is 0. The van der Waals surface area contributed by atoms with E-state index in [9.17, 15) is 22.4 Å². The molecule has 214 valence electrons. The topological polar surface area (TPSA) is 89.3 Å². The predicted molar refractivity (Wildman–Crippen MR) is 153 cm³/mol. The molecule has 2 amide bonds. The van der Waals surface area contributed by atoms with Gasteiger partial charge >= 0.3 is 18.6 Å². The maximum Gasteiger partial charge on any atom is 0.461 e. The quantitative estimate of drug-likeness (QED) is 0.134. The smallest absolute Gasteiger partial charge is 0.428 e. The number of pyridine rings is 1. The van der Waals surface area contributed by atoms with Gasteiger partial charge < -0.3 is 21.1 Å². The zero-order chi connectivity index (χ0) is 28.8. The summed E-state index contributed by atoms with van der Waals surface area (Å²) in [4.78, 5) is 18.2. The first-order valence-corrected chi connectivity index (χ1v) is 14.5. The highest BCUT2D eigenvalue weighted by atomic mass is 127. The van der Waals surface area contributed by atoms with Gasteiger partial charge in [0.15, 0.2) is 0 Å². The number of urea groups is 1. The monoisotopic (exact) mass is 670 g/mol. The lowest BCUT2D eigenvalue weighted by Crippen LogP contribution is -2.57. The largest absolute Gasteiger partial charge is 0.461 e. The maximum atomic E-state index is 13.8. The van der Waals surface area contributed by atoms with Crippen LogP contribution in [0.3, 0.4) is 0 Å². The number of carbonyl (C=O) groups excluding carboxylic acids is 1. The average molecular weight is 670 g/mol. The molecule has 0 spiro atoms. The van der Waals surface area contributed by atoms with Crippen LogP contribution in [0.1, 0.15) is 48.1 Å². The van der Waals surface area contributed by atoms with Crippen LogP contribution in [0, 0.1) is 0 Å². The molecular formula is C29H31F4IN4O2. The molecule has 3 atom stereocenters. The molecule has 1 aliphatic carbocycles. The van der Waals surface area contributed by atoms with Crippen molar-refractivity contribution in [2.45, 2.75) is 66.7 Å². The number of hydrogen-bond acceptors (Lipinski definition) is 4. The number of alkyl halides is 5. The molecule has 0 aliphatic heterocycles. The molecule has 1 aliphatic rings.